The summed E-state index contributed by atoms with van der Waals surface area (Å²) in [6.45, 7) is 3.72. The summed E-state index contributed by atoms with van der Waals surface area (Å²) in [5.41, 5.74) is 9.65. The molecule has 0 aliphatic carbocycles. The summed E-state index contributed by atoms with van der Waals surface area (Å²) in [5.74, 6) is -0.495. The monoisotopic (exact) mass is 388 g/mol. The van der Waals surface area contributed by atoms with Gasteiger partial charge in [0.25, 0.3) is 17.5 Å². The smallest absolute Gasteiger partial charge is 0.292 e. The van der Waals surface area contributed by atoms with Gasteiger partial charge in [-0.15, -0.1) is 0 Å². The van der Waals surface area contributed by atoms with E-state index in [0.29, 0.717) is 11.5 Å². The molecule has 0 aliphatic heterocycles. The van der Waals surface area contributed by atoms with Crippen molar-refractivity contribution in [3.63, 3.8) is 0 Å². The number of hydrogen-bond donors (Lipinski definition) is 3. The van der Waals surface area contributed by atoms with Crippen molar-refractivity contribution < 1.29 is 24.0 Å². The van der Waals surface area contributed by atoms with Crippen LogP contribution in [0.1, 0.15) is 34.6 Å². The number of methoxy groups -OCH3 is 1. The van der Waals surface area contributed by atoms with Gasteiger partial charge in [0.1, 0.15) is 5.69 Å². The van der Waals surface area contributed by atoms with Gasteiger partial charge in [-0.25, -0.2) is 0 Å². The van der Waals surface area contributed by atoms with Gasteiger partial charge in [-0.3, -0.25) is 30.6 Å². The molecule has 2 aromatic rings. The Morgan fingerprint density at radius 3 is 2.14 bits per heavy atom. The Morgan fingerprint density at radius 2 is 1.61 bits per heavy atom. The van der Waals surface area contributed by atoms with Crippen molar-refractivity contribution >= 4 is 23.2 Å². The highest BCUT2D eigenvalue weighted by Gasteiger charge is 2.17. The van der Waals surface area contributed by atoms with Crippen LogP contribution in [0.3, 0.4) is 0 Å². The first-order chi connectivity index (χ1) is 13.2. The van der Waals surface area contributed by atoms with Gasteiger partial charge in [0.05, 0.1) is 18.1 Å². The molecule has 0 heterocycles. The molecule has 4 N–H and O–H groups in total. The SMILES string of the molecule is COc1cc(C(=O)NNC(=O)c2ccc(N)c([N+](=O)[O-])c2)ccc1OC(C)C. The molecule has 0 bridgehead atoms. The van der Waals surface area contributed by atoms with E-state index in [1.54, 1.807) is 6.07 Å². The minimum Gasteiger partial charge on any atom is -0.493 e. The van der Waals surface area contributed by atoms with Crippen LogP contribution in [0.25, 0.3) is 0 Å². The number of anilines is 1. The predicted octanol–water partition coefficient (Wildman–Crippen LogP) is 2.05. The Labute approximate surface area is 160 Å². The van der Waals surface area contributed by atoms with Crippen LogP contribution in [-0.2, 0) is 0 Å². The van der Waals surface area contributed by atoms with Crippen LogP contribution in [0, 0.1) is 10.1 Å². The van der Waals surface area contributed by atoms with Gasteiger partial charge in [0.2, 0.25) is 0 Å². The fourth-order valence-corrected chi connectivity index (χ4v) is 2.26. The largest absolute Gasteiger partial charge is 0.493 e. The van der Waals surface area contributed by atoms with E-state index in [1.807, 2.05) is 13.8 Å². The Hall–Kier alpha value is -3.82. The number of nitrogen functional groups attached to an aromatic ring is 1. The first-order valence-corrected chi connectivity index (χ1v) is 8.22. The average molecular weight is 388 g/mol. The van der Waals surface area contributed by atoms with E-state index in [0.717, 1.165) is 6.07 Å². The second-order valence-electron chi connectivity index (χ2n) is 5.97. The van der Waals surface area contributed by atoms with E-state index in [4.69, 9.17) is 15.2 Å². The van der Waals surface area contributed by atoms with Gasteiger partial charge >= 0.3 is 0 Å². The third kappa shape index (κ3) is 4.87. The lowest BCUT2D eigenvalue weighted by molar-refractivity contribution is -0.383. The van der Waals surface area contributed by atoms with Crippen LogP contribution in [0.5, 0.6) is 11.5 Å². The van der Waals surface area contributed by atoms with E-state index in [9.17, 15) is 19.7 Å². The number of nitro groups is 1. The van der Waals surface area contributed by atoms with Gasteiger partial charge in [-0.05, 0) is 44.2 Å². The zero-order valence-corrected chi connectivity index (χ0v) is 15.5. The summed E-state index contributed by atoms with van der Waals surface area (Å²) < 4.78 is 10.8. The Kier molecular flexibility index (Phi) is 6.38. The van der Waals surface area contributed by atoms with Crippen molar-refractivity contribution in [3.05, 3.63) is 57.6 Å². The summed E-state index contributed by atoms with van der Waals surface area (Å²) in [7, 11) is 1.44. The van der Waals surface area contributed by atoms with Crippen LogP contribution in [0.15, 0.2) is 36.4 Å². The van der Waals surface area contributed by atoms with E-state index in [1.165, 1.54) is 31.4 Å². The first kappa shape index (κ1) is 20.5. The number of nitrogens with one attached hydrogen (secondary N) is 2. The minimum atomic E-state index is -0.733. The lowest BCUT2D eigenvalue weighted by Crippen LogP contribution is -2.41. The number of amides is 2. The number of rotatable bonds is 6. The van der Waals surface area contributed by atoms with Crippen molar-refractivity contribution in [1.82, 2.24) is 10.9 Å². The number of carbonyl (C=O) groups excluding carboxylic acids is 2. The number of ether oxygens (including phenoxy) is 2. The van der Waals surface area contributed by atoms with E-state index >= 15 is 0 Å². The van der Waals surface area contributed by atoms with Crippen molar-refractivity contribution in [2.45, 2.75) is 20.0 Å². The topological polar surface area (TPSA) is 146 Å². The number of hydrogen-bond acceptors (Lipinski definition) is 7. The highest BCUT2D eigenvalue weighted by molar-refractivity contribution is 6.00. The maximum Gasteiger partial charge on any atom is 0.292 e. The minimum absolute atomic E-state index is 0.0283. The van der Waals surface area contributed by atoms with Gasteiger partial charge in [0, 0.05) is 17.2 Å². The zero-order chi connectivity index (χ0) is 20.8. The van der Waals surface area contributed by atoms with Gasteiger partial charge in [0.15, 0.2) is 11.5 Å². The number of benzene rings is 2. The molecule has 148 valence electrons. The number of carbonyl (C=O) groups is 2. The lowest BCUT2D eigenvalue weighted by Gasteiger charge is -2.14. The Morgan fingerprint density at radius 1 is 1.04 bits per heavy atom. The van der Waals surface area contributed by atoms with Gasteiger partial charge < -0.3 is 15.2 Å². The molecular weight excluding hydrogens is 368 g/mol. The molecule has 0 unspecified atom stereocenters. The summed E-state index contributed by atoms with van der Waals surface area (Å²) in [5, 5.41) is 10.9. The second kappa shape index (κ2) is 8.71. The molecule has 10 heteroatoms. The molecule has 2 rings (SSSR count). The number of nitrogens with zero attached hydrogens (tertiary/aromatic N) is 1. The molecule has 28 heavy (non-hydrogen) atoms. The maximum absolute atomic E-state index is 12.3. The highest BCUT2D eigenvalue weighted by Crippen LogP contribution is 2.29. The zero-order valence-electron chi connectivity index (χ0n) is 15.5. The van der Waals surface area contributed by atoms with E-state index < -0.39 is 22.4 Å². The standard InChI is InChI=1S/C18H20N4O6/c1-10(2)28-15-7-5-12(9-16(15)27-3)18(24)21-20-17(23)11-4-6-13(19)14(8-11)22(25)26/h4-10H,19H2,1-3H3,(H,20,23)(H,21,24). The van der Waals surface area contributed by atoms with Gasteiger partial charge in [-0.1, -0.05) is 0 Å². The Bertz CT molecular complexity index is 913. The molecule has 0 radical (unpaired) electrons. The third-order valence-electron chi connectivity index (χ3n) is 3.57. The molecule has 2 amide bonds. The molecule has 0 aliphatic rings. The molecule has 0 saturated heterocycles. The lowest BCUT2D eigenvalue weighted by atomic mass is 10.1. The van der Waals surface area contributed by atoms with Crippen LogP contribution in [-0.4, -0.2) is 30.0 Å². The van der Waals surface area contributed by atoms with Crippen LogP contribution in [0.4, 0.5) is 11.4 Å². The van der Waals surface area contributed by atoms with E-state index in [2.05, 4.69) is 10.9 Å². The normalized spacial score (nSPS) is 10.3. The van der Waals surface area contributed by atoms with Gasteiger partial charge in [-0.2, -0.15) is 0 Å². The first-order valence-electron chi connectivity index (χ1n) is 8.22. The Balaban J connectivity index is 2.08. The summed E-state index contributed by atoms with van der Waals surface area (Å²) in [6.07, 6.45) is -0.0724. The molecule has 0 spiro atoms. The van der Waals surface area contributed by atoms with Crippen molar-refractivity contribution in [2.75, 3.05) is 12.8 Å². The summed E-state index contributed by atoms with van der Waals surface area (Å²) in [4.78, 5) is 34.6. The molecule has 0 fully saturated rings. The molecule has 0 saturated carbocycles. The molecule has 0 atom stereocenters. The second-order valence-corrected chi connectivity index (χ2v) is 5.97. The van der Waals surface area contributed by atoms with Crippen molar-refractivity contribution in [1.29, 1.82) is 0 Å². The predicted molar refractivity (Wildman–Crippen MR) is 101 cm³/mol. The maximum atomic E-state index is 12.3. The van der Waals surface area contributed by atoms with E-state index in [-0.39, 0.29) is 22.9 Å². The summed E-state index contributed by atoms with van der Waals surface area (Å²) in [6, 6.07) is 8.14. The molecule has 0 aromatic heterocycles. The molecule has 10 nitrogen and oxygen atoms in total. The average Bonchev–Trinajstić information content (AvgIpc) is 2.65. The van der Waals surface area contributed by atoms with Crippen molar-refractivity contribution in [2.24, 2.45) is 0 Å². The number of nitro benzene ring substituents is 1. The summed E-state index contributed by atoms with van der Waals surface area (Å²) >= 11 is 0. The fourth-order valence-electron chi connectivity index (χ4n) is 2.26. The fraction of sp³-hybridized carbons (Fsp3) is 0.222. The van der Waals surface area contributed by atoms with Crippen LogP contribution >= 0.6 is 0 Å². The number of nitrogens with two attached hydrogens (primary N) is 1. The molecule has 2 aromatic carbocycles. The molecular formula is C18H20N4O6. The van der Waals surface area contributed by atoms with Crippen molar-refractivity contribution in [3.8, 4) is 11.5 Å². The quantitative estimate of drug-likeness (QED) is 0.390. The highest BCUT2D eigenvalue weighted by atomic mass is 16.6. The third-order valence-corrected chi connectivity index (χ3v) is 3.57. The van der Waals surface area contributed by atoms with Crippen LogP contribution < -0.4 is 26.1 Å². The van der Waals surface area contributed by atoms with Crippen LogP contribution in [0.2, 0.25) is 0 Å². The number of hydrazine groups is 1.